The zero-order chi connectivity index (χ0) is 21.6. The van der Waals surface area contributed by atoms with E-state index in [0.29, 0.717) is 28.6 Å². The van der Waals surface area contributed by atoms with Gasteiger partial charge in [0.05, 0.1) is 28.9 Å². The number of hydrogen-bond donors (Lipinski definition) is 1. The molecule has 0 radical (unpaired) electrons. The zero-order valence-electron chi connectivity index (χ0n) is 16.5. The van der Waals surface area contributed by atoms with E-state index in [0.717, 1.165) is 20.8 Å². The predicted molar refractivity (Wildman–Crippen MR) is 124 cm³/mol. The number of benzene rings is 2. The van der Waals surface area contributed by atoms with Gasteiger partial charge in [0.25, 0.3) is 5.91 Å². The molecule has 156 valence electrons. The van der Waals surface area contributed by atoms with Gasteiger partial charge < -0.3 is 14.6 Å². The fourth-order valence-corrected chi connectivity index (χ4v) is 4.08. The van der Waals surface area contributed by atoms with Gasteiger partial charge in [-0.15, -0.1) is 11.8 Å². The Labute approximate surface area is 192 Å². The number of rotatable bonds is 7. The number of nitrogens with zero attached hydrogens (tertiary/aromatic N) is 2. The second-order valence-electron chi connectivity index (χ2n) is 6.62. The molecule has 1 amide bonds. The van der Waals surface area contributed by atoms with Crippen LogP contribution in [0.25, 0.3) is 0 Å². The average Bonchev–Trinajstić information content (AvgIpc) is 3.19. The molecule has 4 rings (SSSR count). The smallest absolute Gasteiger partial charge is 0.256 e. The van der Waals surface area contributed by atoms with Crippen LogP contribution < -0.4 is 10.1 Å². The molecule has 8 heteroatoms. The van der Waals surface area contributed by atoms with Gasteiger partial charge in [0.1, 0.15) is 11.5 Å². The molecule has 6 nitrogen and oxygen atoms in total. The summed E-state index contributed by atoms with van der Waals surface area (Å²) in [7, 11) is 0. The lowest BCUT2D eigenvalue weighted by molar-refractivity contribution is 0.102. The summed E-state index contributed by atoms with van der Waals surface area (Å²) < 4.78 is 11.9. The number of halogens is 1. The highest BCUT2D eigenvalue weighted by atomic mass is 79.9. The van der Waals surface area contributed by atoms with Crippen molar-refractivity contribution in [2.24, 2.45) is 0 Å². The monoisotopic (exact) mass is 495 g/mol. The van der Waals surface area contributed by atoms with Crippen molar-refractivity contribution >= 4 is 39.3 Å². The number of amides is 1. The predicted octanol–water partition coefficient (Wildman–Crippen LogP) is 6.48. The summed E-state index contributed by atoms with van der Waals surface area (Å²) in [5.74, 6) is 2.26. The summed E-state index contributed by atoms with van der Waals surface area (Å²) in [6.45, 7) is 1.88. The number of thioether (sulfide) groups is 1. The van der Waals surface area contributed by atoms with Gasteiger partial charge in [-0.25, -0.2) is 4.98 Å². The van der Waals surface area contributed by atoms with Crippen LogP contribution in [0.15, 0.2) is 86.8 Å². The fourth-order valence-electron chi connectivity index (χ4n) is 2.78. The van der Waals surface area contributed by atoms with Crippen molar-refractivity contribution in [2.75, 3.05) is 5.32 Å². The maximum absolute atomic E-state index is 12.8. The second-order valence-corrected chi connectivity index (χ2v) is 8.55. The summed E-state index contributed by atoms with van der Waals surface area (Å²) in [5.41, 5.74) is 2.00. The summed E-state index contributed by atoms with van der Waals surface area (Å²) in [6.07, 6.45) is 1.57. The molecule has 0 atom stereocenters. The third kappa shape index (κ3) is 5.74. The minimum Gasteiger partial charge on any atom is -0.439 e. The number of carbonyl (C=O) groups is 1. The van der Waals surface area contributed by atoms with Crippen molar-refractivity contribution < 1.29 is 14.1 Å². The van der Waals surface area contributed by atoms with E-state index >= 15 is 0 Å². The molecule has 2 aromatic carbocycles. The Balaban J connectivity index is 1.41. The van der Waals surface area contributed by atoms with Gasteiger partial charge in [0, 0.05) is 21.5 Å². The molecule has 0 bridgehead atoms. The summed E-state index contributed by atoms with van der Waals surface area (Å²) in [5, 5.41) is 6.78. The Hall–Kier alpha value is -3.10. The van der Waals surface area contributed by atoms with E-state index in [9.17, 15) is 4.79 Å². The lowest BCUT2D eigenvalue weighted by Crippen LogP contribution is -2.13. The third-order valence-electron chi connectivity index (χ3n) is 4.19. The van der Waals surface area contributed by atoms with Gasteiger partial charge in [0.15, 0.2) is 0 Å². The van der Waals surface area contributed by atoms with Crippen LogP contribution in [0.4, 0.5) is 5.69 Å². The molecular weight excluding hydrogens is 478 g/mol. The normalized spacial score (nSPS) is 10.6. The zero-order valence-corrected chi connectivity index (χ0v) is 18.9. The van der Waals surface area contributed by atoms with E-state index < -0.39 is 0 Å². The molecule has 0 aliphatic rings. The van der Waals surface area contributed by atoms with Crippen LogP contribution in [0.2, 0.25) is 0 Å². The topological polar surface area (TPSA) is 77.2 Å². The van der Waals surface area contributed by atoms with Crippen LogP contribution in [-0.4, -0.2) is 16.0 Å². The Kier molecular flexibility index (Phi) is 6.69. The number of ether oxygens (including phenoxy) is 1. The molecule has 0 aliphatic heterocycles. The van der Waals surface area contributed by atoms with Crippen LogP contribution in [0, 0.1) is 6.92 Å². The number of aryl methyl sites for hydroxylation is 1. The highest BCUT2D eigenvalue weighted by Crippen LogP contribution is 2.28. The van der Waals surface area contributed by atoms with E-state index in [-0.39, 0.29) is 5.91 Å². The summed E-state index contributed by atoms with van der Waals surface area (Å²) in [6, 6.07) is 20.3. The highest BCUT2D eigenvalue weighted by Gasteiger charge is 2.13. The lowest BCUT2D eigenvalue weighted by atomic mass is 10.2. The van der Waals surface area contributed by atoms with Crippen LogP contribution in [-0.2, 0) is 5.75 Å². The standard InChI is InChI=1S/C23H18BrN3O3S/c1-15-11-19(30-27-15)14-31-21-8-3-2-7-20(21)23(28)26-17-9-10-22(25-13-17)29-18-6-4-5-16(24)12-18/h2-13H,14H2,1H3,(H,26,28). The summed E-state index contributed by atoms with van der Waals surface area (Å²) in [4.78, 5) is 18.0. The van der Waals surface area contributed by atoms with Crippen molar-refractivity contribution in [1.29, 1.82) is 0 Å². The minimum absolute atomic E-state index is 0.209. The van der Waals surface area contributed by atoms with Crippen molar-refractivity contribution in [2.45, 2.75) is 17.6 Å². The van der Waals surface area contributed by atoms with E-state index in [1.54, 1.807) is 24.4 Å². The molecule has 0 saturated carbocycles. The Morgan fingerprint density at radius 3 is 2.74 bits per heavy atom. The lowest BCUT2D eigenvalue weighted by Gasteiger charge is -2.10. The number of carbonyl (C=O) groups excluding carboxylic acids is 1. The van der Waals surface area contributed by atoms with E-state index in [4.69, 9.17) is 9.26 Å². The first-order chi connectivity index (χ1) is 15.1. The number of hydrogen-bond acceptors (Lipinski definition) is 6. The van der Waals surface area contributed by atoms with Gasteiger partial charge in [-0.05, 0) is 43.3 Å². The molecule has 0 spiro atoms. The molecular formula is C23H18BrN3O3S. The molecule has 0 saturated heterocycles. The van der Waals surface area contributed by atoms with Gasteiger partial charge >= 0.3 is 0 Å². The van der Waals surface area contributed by atoms with Crippen LogP contribution in [0.1, 0.15) is 21.8 Å². The maximum atomic E-state index is 12.8. The highest BCUT2D eigenvalue weighted by molar-refractivity contribution is 9.10. The maximum Gasteiger partial charge on any atom is 0.256 e. The molecule has 0 unspecified atom stereocenters. The van der Waals surface area contributed by atoms with Crippen molar-refractivity contribution in [3.63, 3.8) is 0 Å². The first kappa shape index (κ1) is 21.1. The van der Waals surface area contributed by atoms with E-state index in [2.05, 4.69) is 31.4 Å². The molecule has 1 N–H and O–H groups in total. The fraction of sp³-hybridized carbons (Fsp3) is 0.0870. The van der Waals surface area contributed by atoms with E-state index in [1.165, 1.54) is 11.8 Å². The quantitative estimate of drug-likeness (QED) is 0.295. The van der Waals surface area contributed by atoms with Gasteiger partial charge in [-0.2, -0.15) is 0 Å². The number of pyridine rings is 1. The Bertz CT molecular complexity index is 1190. The van der Waals surface area contributed by atoms with E-state index in [1.807, 2.05) is 55.5 Å². The Morgan fingerprint density at radius 1 is 1.13 bits per heavy atom. The van der Waals surface area contributed by atoms with Crippen molar-refractivity contribution in [3.8, 4) is 11.6 Å². The molecule has 0 aliphatic carbocycles. The minimum atomic E-state index is -0.209. The SMILES string of the molecule is Cc1cc(CSc2ccccc2C(=O)Nc2ccc(Oc3cccc(Br)c3)nc2)on1. The van der Waals surface area contributed by atoms with Crippen LogP contribution >= 0.6 is 27.7 Å². The van der Waals surface area contributed by atoms with Crippen molar-refractivity contribution in [1.82, 2.24) is 10.1 Å². The van der Waals surface area contributed by atoms with Gasteiger partial charge in [-0.3, -0.25) is 4.79 Å². The van der Waals surface area contributed by atoms with Crippen molar-refractivity contribution in [3.05, 3.63) is 94.4 Å². The number of anilines is 1. The third-order valence-corrected chi connectivity index (χ3v) is 5.78. The largest absolute Gasteiger partial charge is 0.439 e. The first-order valence-corrected chi connectivity index (χ1v) is 11.2. The molecule has 31 heavy (non-hydrogen) atoms. The first-order valence-electron chi connectivity index (χ1n) is 9.42. The number of aromatic nitrogens is 2. The van der Waals surface area contributed by atoms with Crippen LogP contribution in [0.3, 0.4) is 0 Å². The average molecular weight is 496 g/mol. The Morgan fingerprint density at radius 2 is 2.00 bits per heavy atom. The molecule has 2 aromatic heterocycles. The molecule has 2 heterocycles. The summed E-state index contributed by atoms with van der Waals surface area (Å²) >= 11 is 4.93. The van der Waals surface area contributed by atoms with Gasteiger partial charge in [0.2, 0.25) is 5.88 Å². The second kappa shape index (κ2) is 9.80. The number of nitrogens with one attached hydrogen (secondary N) is 1. The molecule has 4 aromatic rings. The van der Waals surface area contributed by atoms with Crippen LogP contribution in [0.5, 0.6) is 11.6 Å². The molecule has 0 fully saturated rings. The van der Waals surface area contributed by atoms with Gasteiger partial charge in [-0.1, -0.05) is 39.3 Å².